The first-order chi connectivity index (χ1) is 15.5. The molecule has 0 unspecified atom stereocenters. The van der Waals surface area contributed by atoms with Crippen molar-refractivity contribution in [2.45, 2.75) is 52.4 Å². The van der Waals surface area contributed by atoms with Crippen LogP contribution in [0.2, 0.25) is 0 Å². The van der Waals surface area contributed by atoms with Gasteiger partial charge in [-0.2, -0.15) is 0 Å². The van der Waals surface area contributed by atoms with E-state index >= 15 is 0 Å². The summed E-state index contributed by atoms with van der Waals surface area (Å²) < 4.78 is 5.13. The largest absolute Gasteiger partial charge is 0.465 e. The van der Waals surface area contributed by atoms with Crippen LogP contribution >= 0.6 is 12.4 Å². The minimum absolute atomic E-state index is 0. The standard InChI is InChI=1S/C24H30N4O5.ClH/c1-16(27-22(30)33-24(2,3)4)21(29)26-14-17-10-12-19(13-11-17)20(25)28(23(31)32)15-18-8-6-5-7-9-18;/h5-13,16,25H,14-15H2,1-4H3,(H,26,29)(H,27,30)(H,31,32);1H/t16-;/m0./s1. The Morgan fingerprint density at radius 1 is 1.03 bits per heavy atom. The van der Waals surface area contributed by atoms with Crippen LogP contribution < -0.4 is 10.6 Å². The van der Waals surface area contributed by atoms with Gasteiger partial charge in [-0.15, -0.1) is 12.4 Å². The third-order valence-electron chi connectivity index (χ3n) is 4.50. The molecule has 0 aliphatic rings. The van der Waals surface area contributed by atoms with Crippen LogP contribution in [0.5, 0.6) is 0 Å². The molecule has 0 spiro atoms. The topological polar surface area (TPSA) is 132 Å². The highest BCUT2D eigenvalue weighted by molar-refractivity contribution is 6.04. The Balaban J connectivity index is 0.00000578. The molecule has 3 amide bonds. The molecule has 34 heavy (non-hydrogen) atoms. The molecule has 0 aliphatic heterocycles. The third-order valence-corrected chi connectivity index (χ3v) is 4.50. The summed E-state index contributed by atoms with van der Waals surface area (Å²) in [6.07, 6.45) is -1.89. The second-order valence-corrected chi connectivity index (χ2v) is 8.49. The number of hydrogen-bond donors (Lipinski definition) is 4. The van der Waals surface area contributed by atoms with Gasteiger partial charge < -0.3 is 20.5 Å². The van der Waals surface area contributed by atoms with Crippen molar-refractivity contribution in [2.24, 2.45) is 0 Å². The Kier molecular flexibility index (Phi) is 10.5. The Hall–Kier alpha value is -3.59. The highest BCUT2D eigenvalue weighted by Gasteiger charge is 2.21. The number of amides is 3. The van der Waals surface area contributed by atoms with Crippen molar-refractivity contribution in [3.8, 4) is 0 Å². The summed E-state index contributed by atoms with van der Waals surface area (Å²) in [5.41, 5.74) is 1.31. The van der Waals surface area contributed by atoms with E-state index in [0.717, 1.165) is 16.0 Å². The number of carbonyl (C=O) groups excluding carboxylic acids is 2. The van der Waals surface area contributed by atoms with E-state index in [1.54, 1.807) is 64.1 Å². The second-order valence-electron chi connectivity index (χ2n) is 8.49. The van der Waals surface area contributed by atoms with Gasteiger partial charge in [-0.05, 0) is 38.8 Å². The first-order valence-electron chi connectivity index (χ1n) is 10.5. The van der Waals surface area contributed by atoms with Crippen molar-refractivity contribution in [2.75, 3.05) is 0 Å². The van der Waals surface area contributed by atoms with Crippen molar-refractivity contribution in [3.63, 3.8) is 0 Å². The number of amidine groups is 1. The molecule has 4 N–H and O–H groups in total. The molecule has 0 saturated heterocycles. The van der Waals surface area contributed by atoms with Crippen LogP contribution in [-0.2, 0) is 22.6 Å². The molecule has 2 rings (SSSR count). The van der Waals surface area contributed by atoms with E-state index in [-0.39, 0.29) is 37.2 Å². The zero-order valence-corrected chi connectivity index (χ0v) is 20.4. The minimum atomic E-state index is -1.22. The maximum Gasteiger partial charge on any atom is 0.413 e. The highest BCUT2D eigenvalue weighted by atomic mass is 35.5. The second kappa shape index (κ2) is 12.6. The molecular weight excluding hydrogens is 460 g/mol. The molecular formula is C24H31ClN4O5. The van der Waals surface area contributed by atoms with Gasteiger partial charge in [0.25, 0.3) is 0 Å². The predicted molar refractivity (Wildman–Crippen MR) is 131 cm³/mol. The fourth-order valence-electron chi connectivity index (χ4n) is 2.84. The van der Waals surface area contributed by atoms with Crippen molar-refractivity contribution in [3.05, 3.63) is 71.3 Å². The number of nitrogens with one attached hydrogen (secondary N) is 3. The van der Waals surface area contributed by atoms with Crippen molar-refractivity contribution in [1.29, 1.82) is 5.41 Å². The van der Waals surface area contributed by atoms with Crippen molar-refractivity contribution in [1.82, 2.24) is 15.5 Å². The molecule has 184 valence electrons. The van der Waals surface area contributed by atoms with Crippen LogP contribution in [0.1, 0.15) is 44.4 Å². The third kappa shape index (κ3) is 9.11. The van der Waals surface area contributed by atoms with Gasteiger partial charge in [0.05, 0.1) is 6.54 Å². The zero-order chi connectivity index (χ0) is 24.6. The molecule has 2 aromatic rings. The quantitative estimate of drug-likeness (QED) is 0.342. The molecule has 0 radical (unpaired) electrons. The monoisotopic (exact) mass is 490 g/mol. The Labute approximate surface area is 205 Å². The fraction of sp³-hybridized carbons (Fsp3) is 0.333. The first-order valence-corrected chi connectivity index (χ1v) is 10.5. The number of nitrogens with zero attached hydrogens (tertiary/aromatic N) is 1. The minimum Gasteiger partial charge on any atom is -0.465 e. The molecule has 0 saturated carbocycles. The summed E-state index contributed by atoms with van der Waals surface area (Å²) in [7, 11) is 0. The van der Waals surface area contributed by atoms with E-state index in [1.165, 1.54) is 0 Å². The van der Waals surface area contributed by atoms with Crippen molar-refractivity contribution >= 4 is 36.3 Å². The summed E-state index contributed by atoms with van der Waals surface area (Å²) in [5.74, 6) is -0.519. The number of rotatable bonds is 7. The number of carbonyl (C=O) groups is 3. The van der Waals surface area contributed by atoms with Gasteiger partial charge in [0, 0.05) is 12.1 Å². The molecule has 0 bridgehead atoms. The van der Waals surface area contributed by atoms with Crippen LogP contribution in [0.25, 0.3) is 0 Å². The van der Waals surface area contributed by atoms with E-state index in [1.807, 2.05) is 18.2 Å². The number of halogens is 1. The SMILES string of the molecule is C[C@H](NC(=O)OC(C)(C)C)C(=O)NCc1ccc(C(=N)N(Cc2ccccc2)C(=O)O)cc1.Cl. The summed E-state index contributed by atoms with van der Waals surface area (Å²) in [6.45, 7) is 7.03. The van der Waals surface area contributed by atoms with Gasteiger partial charge in [0.1, 0.15) is 17.5 Å². The van der Waals surface area contributed by atoms with E-state index in [9.17, 15) is 19.5 Å². The zero-order valence-electron chi connectivity index (χ0n) is 19.6. The number of benzene rings is 2. The molecule has 0 heterocycles. The van der Waals surface area contributed by atoms with Gasteiger partial charge in [-0.25, -0.2) is 9.59 Å². The van der Waals surface area contributed by atoms with E-state index < -0.39 is 23.8 Å². The Morgan fingerprint density at radius 3 is 2.15 bits per heavy atom. The number of hydrogen-bond acceptors (Lipinski definition) is 5. The summed E-state index contributed by atoms with van der Waals surface area (Å²) in [6, 6.07) is 15.0. The molecule has 0 fully saturated rings. The smallest absolute Gasteiger partial charge is 0.413 e. The number of alkyl carbamates (subject to hydrolysis) is 1. The normalized spacial score (nSPS) is 11.4. The first kappa shape index (κ1) is 28.4. The highest BCUT2D eigenvalue weighted by Crippen LogP contribution is 2.12. The summed E-state index contributed by atoms with van der Waals surface area (Å²) >= 11 is 0. The maximum atomic E-state index is 12.2. The van der Waals surface area contributed by atoms with Gasteiger partial charge in [0.2, 0.25) is 5.91 Å². The predicted octanol–water partition coefficient (Wildman–Crippen LogP) is 4.14. The van der Waals surface area contributed by atoms with Crippen LogP contribution in [0, 0.1) is 5.41 Å². The molecule has 0 aromatic heterocycles. The van der Waals surface area contributed by atoms with Gasteiger partial charge in [0.15, 0.2) is 0 Å². The number of ether oxygens (including phenoxy) is 1. The fourth-order valence-corrected chi connectivity index (χ4v) is 2.84. The van der Waals surface area contributed by atoms with Crippen molar-refractivity contribution < 1.29 is 24.2 Å². The van der Waals surface area contributed by atoms with Gasteiger partial charge in [-0.1, -0.05) is 54.6 Å². The van der Waals surface area contributed by atoms with Gasteiger partial charge in [-0.3, -0.25) is 15.1 Å². The average molecular weight is 491 g/mol. The number of carboxylic acid groups (broad SMARTS) is 1. The lowest BCUT2D eigenvalue weighted by molar-refractivity contribution is -0.122. The van der Waals surface area contributed by atoms with Crippen LogP contribution in [-0.4, -0.2) is 45.6 Å². The van der Waals surface area contributed by atoms with Crippen LogP contribution in [0.3, 0.4) is 0 Å². The van der Waals surface area contributed by atoms with E-state index in [2.05, 4.69) is 10.6 Å². The van der Waals surface area contributed by atoms with Crippen LogP contribution in [0.4, 0.5) is 9.59 Å². The average Bonchev–Trinajstić information content (AvgIpc) is 2.74. The Morgan fingerprint density at radius 2 is 1.62 bits per heavy atom. The molecule has 9 nitrogen and oxygen atoms in total. The van der Waals surface area contributed by atoms with Gasteiger partial charge >= 0.3 is 12.2 Å². The lowest BCUT2D eigenvalue weighted by atomic mass is 10.1. The van der Waals surface area contributed by atoms with E-state index in [0.29, 0.717) is 5.56 Å². The van der Waals surface area contributed by atoms with Crippen LogP contribution in [0.15, 0.2) is 54.6 Å². The lowest BCUT2D eigenvalue weighted by Gasteiger charge is -2.21. The van der Waals surface area contributed by atoms with E-state index in [4.69, 9.17) is 10.1 Å². The molecule has 10 heteroatoms. The molecule has 1 atom stereocenters. The molecule has 0 aliphatic carbocycles. The maximum absolute atomic E-state index is 12.2. The Bertz CT molecular complexity index is 991. The summed E-state index contributed by atoms with van der Waals surface area (Å²) in [4.78, 5) is 36.7. The molecule has 2 aromatic carbocycles. The lowest BCUT2D eigenvalue weighted by Crippen LogP contribution is -2.46. The summed E-state index contributed by atoms with van der Waals surface area (Å²) in [5, 5.41) is 23.1.